The smallest absolute Gasteiger partial charge is 0.152 e. The van der Waals surface area contributed by atoms with Crippen molar-refractivity contribution in [3.8, 4) is 6.07 Å². The minimum Gasteiger partial charge on any atom is -0.294 e. The van der Waals surface area contributed by atoms with E-state index in [-0.39, 0.29) is 0 Å². The van der Waals surface area contributed by atoms with Gasteiger partial charge in [0.15, 0.2) is 5.54 Å². The molecule has 0 saturated heterocycles. The average Bonchev–Trinajstić information content (AvgIpc) is 2.75. The Morgan fingerprint density at radius 3 is 2.48 bits per heavy atom. The van der Waals surface area contributed by atoms with Crippen LogP contribution in [0.5, 0.6) is 0 Å². The van der Waals surface area contributed by atoms with Gasteiger partial charge in [-0.3, -0.25) is 10.00 Å². The van der Waals surface area contributed by atoms with Crippen LogP contribution in [0.4, 0.5) is 0 Å². The van der Waals surface area contributed by atoms with Gasteiger partial charge in [-0.25, -0.2) is 0 Å². The van der Waals surface area contributed by atoms with Crippen LogP contribution in [0.15, 0.2) is 30.3 Å². The van der Waals surface area contributed by atoms with Crippen molar-refractivity contribution in [2.45, 2.75) is 32.9 Å². The summed E-state index contributed by atoms with van der Waals surface area (Å²) < 4.78 is 1.80. The zero-order valence-electron chi connectivity index (χ0n) is 12.5. The normalized spacial score (nSPS) is 13.7. The summed E-state index contributed by atoms with van der Waals surface area (Å²) in [6.07, 6.45) is 0. The highest BCUT2D eigenvalue weighted by Gasteiger charge is 2.33. The zero-order valence-corrected chi connectivity index (χ0v) is 13.3. The van der Waals surface area contributed by atoms with Gasteiger partial charge in [-0.05, 0) is 26.0 Å². The van der Waals surface area contributed by atoms with Crippen molar-refractivity contribution >= 4 is 11.6 Å². The van der Waals surface area contributed by atoms with Crippen LogP contribution >= 0.6 is 11.6 Å². The summed E-state index contributed by atoms with van der Waals surface area (Å²) in [6.45, 7) is 6.89. The van der Waals surface area contributed by atoms with Crippen molar-refractivity contribution in [1.29, 1.82) is 5.26 Å². The Morgan fingerprint density at radius 2 is 2.00 bits per heavy atom. The molecule has 2 rings (SSSR count). The molecule has 1 unspecified atom stereocenters. The lowest BCUT2D eigenvalue weighted by molar-refractivity contribution is 0.354. The first-order valence-electron chi connectivity index (χ1n) is 6.95. The number of rotatable bonds is 5. The predicted octanol–water partition coefficient (Wildman–Crippen LogP) is 3.18. The third-order valence-corrected chi connectivity index (χ3v) is 4.16. The molecular formula is C16H19ClN4. The minimum absolute atomic E-state index is 0.417. The number of likely N-dealkylation sites (N-methyl/N-ethyl adjacent to an activating group) is 1. The highest BCUT2D eigenvalue weighted by Crippen LogP contribution is 2.26. The number of hydrogen-bond acceptors (Lipinski definition) is 3. The summed E-state index contributed by atoms with van der Waals surface area (Å²) in [5.41, 5.74) is 1.77. The Morgan fingerprint density at radius 1 is 1.33 bits per heavy atom. The topological polar surface area (TPSA) is 53.6 Å². The van der Waals surface area contributed by atoms with Gasteiger partial charge in [0.25, 0.3) is 0 Å². The van der Waals surface area contributed by atoms with E-state index in [1.54, 1.807) is 4.68 Å². The summed E-state index contributed by atoms with van der Waals surface area (Å²) in [5.74, 6) is 0. The summed E-state index contributed by atoms with van der Waals surface area (Å²) in [4.78, 5) is 0. The highest BCUT2D eigenvalue weighted by molar-refractivity contribution is 6.31. The molecule has 0 radical (unpaired) electrons. The largest absolute Gasteiger partial charge is 0.294 e. The second-order valence-electron chi connectivity index (χ2n) is 5.06. The molecule has 0 saturated carbocycles. The highest BCUT2D eigenvalue weighted by atomic mass is 35.5. The molecule has 1 N–H and O–H groups in total. The van der Waals surface area contributed by atoms with Gasteiger partial charge in [0.2, 0.25) is 0 Å². The van der Waals surface area contributed by atoms with Crippen molar-refractivity contribution in [1.82, 2.24) is 15.1 Å². The molecule has 0 aliphatic carbocycles. The van der Waals surface area contributed by atoms with E-state index in [0.717, 1.165) is 17.0 Å². The molecule has 0 aliphatic heterocycles. The fourth-order valence-electron chi connectivity index (χ4n) is 2.47. The first-order valence-corrected chi connectivity index (χ1v) is 7.33. The molecule has 5 heteroatoms. The van der Waals surface area contributed by atoms with Gasteiger partial charge in [0.05, 0.1) is 29.0 Å². The maximum absolute atomic E-state index is 9.80. The van der Waals surface area contributed by atoms with Crippen LogP contribution in [0.1, 0.15) is 23.9 Å². The van der Waals surface area contributed by atoms with Crippen LogP contribution in [-0.4, -0.2) is 16.3 Å². The van der Waals surface area contributed by atoms with Gasteiger partial charge in [-0.1, -0.05) is 48.9 Å². The molecule has 4 nitrogen and oxygen atoms in total. The number of nitrogens with one attached hydrogen (secondary N) is 1. The molecule has 0 spiro atoms. The quantitative estimate of drug-likeness (QED) is 0.923. The summed E-state index contributed by atoms with van der Waals surface area (Å²) in [5, 5.41) is 18.2. The van der Waals surface area contributed by atoms with E-state index in [1.807, 2.05) is 51.1 Å². The molecule has 0 bridgehead atoms. The number of hydrogen-bond donors (Lipinski definition) is 1. The van der Waals surface area contributed by atoms with Crippen molar-refractivity contribution in [2.24, 2.45) is 0 Å². The number of nitrogens with zero attached hydrogens (tertiary/aromatic N) is 3. The maximum atomic E-state index is 9.80. The van der Waals surface area contributed by atoms with E-state index >= 15 is 0 Å². The third-order valence-electron chi connectivity index (χ3n) is 3.62. The van der Waals surface area contributed by atoms with Gasteiger partial charge in [0, 0.05) is 0 Å². The Balaban J connectivity index is 2.46. The summed E-state index contributed by atoms with van der Waals surface area (Å²) in [7, 11) is 0. The van der Waals surface area contributed by atoms with E-state index < -0.39 is 5.54 Å². The van der Waals surface area contributed by atoms with Crippen molar-refractivity contribution < 1.29 is 0 Å². The van der Waals surface area contributed by atoms with E-state index in [1.165, 1.54) is 0 Å². The lowest BCUT2D eigenvalue weighted by atomic mass is 9.91. The maximum Gasteiger partial charge on any atom is 0.152 e. The Labute approximate surface area is 130 Å². The van der Waals surface area contributed by atoms with Gasteiger partial charge in [0.1, 0.15) is 0 Å². The standard InChI is InChI=1S/C16H19ClN4/c1-4-19-16(10-18,14-8-6-5-7-9-14)11-21-13(3)15(17)12(2)20-21/h5-9,19H,4,11H2,1-3H3. The molecule has 1 aromatic carbocycles. The van der Waals surface area contributed by atoms with Gasteiger partial charge in [-0.2, -0.15) is 10.4 Å². The van der Waals surface area contributed by atoms with Crippen LogP contribution in [0.25, 0.3) is 0 Å². The number of aromatic nitrogens is 2. The number of halogens is 1. The first kappa shape index (κ1) is 15.6. The molecule has 1 atom stereocenters. The van der Waals surface area contributed by atoms with Crippen LogP contribution in [0.3, 0.4) is 0 Å². The molecule has 110 valence electrons. The summed E-state index contributed by atoms with van der Waals surface area (Å²) in [6, 6.07) is 12.2. The molecule has 0 fully saturated rings. The van der Waals surface area contributed by atoms with Gasteiger partial charge < -0.3 is 0 Å². The fourth-order valence-corrected chi connectivity index (χ4v) is 2.60. The van der Waals surface area contributed by atoms with Gasteiger partial charge in [-0.15, -0.1) is 0 Å². The van der Waals surface area contributed by atoms with E-state index in [9.17, 15) is 5.26 Å². The van der Waals surface area contributed by atoms with Crippen molar-refractivity contribution in [3.63, 3.8) is 0 Å². The average molecular weight is 303 g/mol. The lowest BCUT2D eigenvalue weighted by Crippen LogP contribution is -2.45. The van der Waals surface area contributed by atoms with Crippen LogP contribution in [0, 0.1) is 25.2 Å². The minimum atomic E-state index is -0.817. The number of benzene rings is 1. The monoisotopic (exact) mass is 302 g/mol. The zero-order chi connectivity index (χ0) is 15.5. The predicted molar refractivity (Wildman–Crippen MR) is 84.1 cm³/mol. The van der Waals surface area contributed by atoms with Crippen LogP contribution in [-0.2, 0) is 12.1 Å². The second-order valence-corrected chi connectivity index (χ2v) is 5.43. The molecule has 1 heterocycles. The molecule has 0 aliphatic rings. The second kappa shape index (κ2) is 6.30. The van der Waals surface area contributed by atoms with Gasteiger partial charge >= 0.3 is 0 Å². The van der Waals surface area contributed by atoms with E-state index in [2.05, 4.69) is 16.5 Å². The van der Waals surface area contributed by atoms with E-state index in [0.29, 0.717) is 18.1 Å². The molecular weight excluding hydrogens is 284 g/mol. The Kier molecular flexibility index (Phi) is 4.66. The van der Waals surface area contributed by atoms with Crippen molar-refractivity contribution in [2.75, 3.05) is 6.54 Å². The third kappa shape index (κ3) is 2.94. The first-order chi connectivity index (χ1) is 10.0. The van der Waals surface area contributed by atoms with Crippen molar-refractivity contribution in [3.05, 3.63) is 52.3 Å². The Hall–Kier alpha value is -1.83. The fraction of sp³-hybridized carbons (Fsp3) is 0.375. The number of nitriles is 1. The molecule has 1 aromatic heterocycles. The molecule has 0 amide bonds. The van der Waals surface area contributed by atoms with Crippen LogP contribution in [0.2, 0.25) is 5.02 Å². The molecule has 21 heavy (non-hydrogen) atoms. The SMILES string of the molecule is CCNC(C#N)(Cn1nc(C)c(Cl)c1C)c1ccccc1. The lowest BCUT2D eigenvalue weighted by Gasteiger charge is -2.28. The van der Waals surface area contributed by atoms with E-state index in [4.69, 9.17) is 11.6 Å². The van der Waals surface area contributed by atoms with Crippen LogP contribution < -0.4 is 5.32 Å². The molecule has 2 aromatic rings. The number of aryl methyl sites for hydroxylation is 1. The summed E-state index contributed by atoms with van der Waals surface area (Å²) >= 11 is 6.21. The Bertz CT molecular complexity index is 657.